The van der Waals surface area contributed by atoms with Crippen LogP contribution in [0.25, 0.3) is 104 Å². The fourth-order valence-electron chi connectivity index (χ4n) is 8.45. The highest BCUT2D eigenvalue weighted by Crippen LogP contribution is 2.46. The molecule has 0 unspecified atom stereocenters. The molecule has 0 N–H and O–H groups in total. The third kappa shape index (κ3) is 3.58. The van der Waals surface area contributed by atoms with Gasteiger partial charge in [-0.05, 0) is 102 Å². The van der Waals surface area contributed by atoms with Crippen molar-refractivity contribution in [2.24, 2.45) is 0 Å². The molecule has 0 aliphatic heterocycles. The van der Waals surface area contributed by atoms with Crippen LogP contribution in [0.4, 0.5) is 0 Å². The molecule has 0 aliphatic rings. The summed E-state index contributed by atoms with van der Waals surface area (Å²) in [5.41, 5.74) is 9.71. The van der Waals surface area contributed by atoms with E-state index in [-0.39, 0.29) is 0 Å². The number of fused-ring (bicyclic) bond motifs is 1. The van der Waals surface area contributed by atoms with Crippen molar-refractivity contribution >= 4 is 75.8 Å². The smallest absolute Gasteiger partial charge is 0.0992 e. The first kappa shape index (κ1) is 26.3. The zero-order valence-electron chi connectivity index (χ0n) is 26.3. The Labute approximate surface area is 281 Å². The summed E-state index contributed by atoms with van der Waals surface area (Å²) in [5, 5.41) is 23.3. The molecule has 3 heteroatoms. The normalized spacial score (nSPS) is 12.1. The van der Waals surface area contributed by atoms with Crippen LogP contribution in [0.1, 0.15) is 5.56 Å². The first-order valence-corrected chi connectivity index (χ1v) is 16.6. The predicted octanol–water partition coefficient (Wildman–Crippen LogP) is 12.0. The summed E-state index contributed by atoms with van der Waals surface area (Å²) in [6, 6.07) is 54.8. The van der Waals surface area contributed by atoms with Crippen molar-refractivity contribution in [3.63, 3.8) is 0 Å². The highest BCUT2D eigenvalue weighted by Gasteiger charge is 2.21. The maximum Gasteiger partial charge on any atom is 0.0992 e. The molecule has 0 saturated carbocycles. The van der Waals surface area contributed by atoms with Crippen LogP contribution in [0.3, 0.4) is 0 Å². The Morgan fingerprint density at radius 2 is 1.12 bits per heavy atom. The van der Waals surface area contributed by atoms with E-state index in [1.807, 2.05) is 30.5 Å². The molecule has 11 aromatic rings. The second kappa shape index (κ2) is 9.64. The first-order valence-electron chi connectivity index (χ1n) is 16.6. The molecule has 0 amide bonds. The Balaban J connectivity index is 1.22. The molecule has 0 aliphatic carbocycles. The van der Waals surface area contributed by atoms with E-state index in [1.165, 1.54) is 65.2 Å². The lowest BCUT2D eigenvalue weighted by atomic mass is 9.86. The summed E-state index contributed by atoms with van der Waals surface area (Å²) in [4.78, 5) is 4.80. The number of para-hydroxylation sites is 2. The van der Waals surface area contributed by atoms with E-state index in [2.05, 4.69) is 132 Å². The standard InChI is InChI=1S/C46H25N3/c47-26-27-22-31-11-12-32-24-33(25-41-45(32)44(31)40(23-27)49(41)34-8-2-1-3-9-34)35-17-13-28-16-20-38-36(18-14-29-15-19-37(35)42(28)43(29)38)39-10-4-6-30-7-5-21-48-46(30)39/h1-25H. The van der Waals surface area contributed by atoms with Gasteiger partial charge >= 0.3 is 0 Å². The van der Waals surface area contributed by atoms with Crippen molar-refractivity contribution in [2.45, 2.75) is 0 Å². The topological polar surface area (TPSA) is 41.6 Å². The molecule has 0 saturated heterocycles. The van der Waals surface area contributed by atoms with Gasteiger partial charge in [0.2, 0.25) is 0 Å². The average Bonchev–Trinajstić information content (AvgIpc) is 3.50. The van der Waals surface area contributed by atoms with Gasteiger partial charge in [0.25, 0.3) is 0 Å². The van der Waals surface area contributed by atoms with Gasteiger partial charge in [0.05, 0.1) is 28.2 Å². The van der Waals surface area contributed by atoms with Gasteiger partial charge in [-0.25, -0.2) is 0 Å². The molecule has 2 heterocycles. The average molecular weight is 620 g/mol. The molecule has 0 spiro atoms. The molecule has 0 radical (unpaired) electrons. The maximum absolute atomic E-state index is 9.92. The van der Waals surface area contributed by atoms with Crippen LogP contribution in [-0.2, 0) is 0 Å². The van der Waals surface area contributed by atoms with Crippen molar-refractivity contribution in [3.05, 3.63) is 157 Å². The number of nitrogens with zero attached hydrogens (tertiary/aromatic N) is 3. The second-order valence-corrected chi connectivity index (χ2v) is 13.1. The maximum atomic E-state index is 9.92. The number of aromatic nitrogens is 2. The highest BCUT2D eigenvalue weighted by molar-refractivity contribution is 6.29. The van der Waals surface area contributed by atoms with Gasteiger partial charge in [0.15, 0.2) is 0 Å². The Hall–Kier alpha value is -6.76. The molecular weight excluding hydrogens is 595 g/mol. The van der Waals surface area contributed by atoms with Crippen LogP contribution >= 0.6 is 0 Å². The van der Waals surface area contributed by atoms with E-state index in [1.54, 1.807) is 0 Å². The van der Waals surface area contributed by atoms with Gasteiger partial charge in [-0.15, -0.1) is 0 Å². The van der Waals surface area contributed by atoms with E-state index >= 15 is 0 Å². The highest BCUT2D eigenvalue weighted by atomic mass is 15.0. The van der Waals surface area contributed by atoms with Crippen molar-refractivity contribution in [2.75, 3.05) is 0 Å². The fourth-order valence-corrected chi connectivity index (χ4v) is 8.45. The molecule has 0 bridgehead atoms. The Kier molecular flexibility index (Phi) is 5.18. The lowest BCUT2D eigenvalue weighted by Gasteiger charge is -2.17. The van der Waals surface area contributed by atoms with Crippen LogP contribution < -0.4 is 0 Å². The minimum atomic E-state index is 0.668. The molecule has 9 aromatic carbocycles. The minimum Gasteiger partial charge on any atom is -0.309 e. The van der Waals surface area contributed by atoms with E-state index in [4.69, 9.17) is 4.98 Å². The zero-order chi connectivity index (χ0) is 32.2. The van der Waals surface area contributed by atoms with Crippen LogP contribution in [0.15, 0.2) is 152 Å². The summed E-state index contributed by atoms with van der Waals surface area (Å²) in [6.07, 6.45) is 1.88. The number of pyridine rings is 1. The molecule has 224 valence electrons. The molecule has 2 aromatic heterocycles. The molecule has 3 nitrogen and oxygen atoms in total. The van der Waals surface area contributed by atoms with Crippen LogP contribution in [0.5, 0.6) is 0 Å². The third-order valence-corrected chi connectivity index (χ3v) is 10.5. The van der Waals surface area contributed by atoms with Crippen molar-refractivity contribution in [3.8, 4) is 34.0 Å². The summed E-state index contributed by atoms with van der Waals surface area (Å²) >= 11 is 0. The van der Waals surface area contributed by atoms with Crippen molar-refractivity contribution in [1.29, 1.82) is 5.26 Å². The molecular formula is C46H25N3. The van der Waals surface area contributed by atoms with Gasteiger partial charge in [0, 0.05) is 33.6 Å². The predicted molar refractivity (Wildman–Crippen MR) is 204 cm³/mol. The van der Waals surface area contributed by atoms with Crippen LogP contribution in [-0.4, -0.2) is 9.55 Å². The van der Waals surface area contributed by atoms with Gasteiger partial charge < -0.3 is 4.57 Å². The quantitative estimate of drug-likeness (QED) is 0.185. The number of hydrogen-bond acceptors (Lipinski definition) is 2. The Bertz CT molecular complexity index is 3160. The van der Waals surface area contributed by atoms with Gasteiger partial charge in [-0.2, -0.15) is 5.26 Å². The molecule has 0 atom stereocenters. The van der Waals surface area contributed by atoms with E-state index in [0.29, 0.717) is 5.56 Å². The van der Waals surface area contributed by atoms with Crippen molar-refractivity contribution in [1.82, 2.24) is 9.55 Å². The Morgan fingerprint density at radius 3 is 1.90 bits per heavy atom. The summed E-state index contributed by atoms with van der Waals surface area (Å²) < 4.78 is 2.33. The summed E-state index contributed by atoms with van der Waals surface area (Å²) in [7, 11) is 0. The number of nitriles is 1. The number of rotatable bonds is 3. The molecule has 49 heavy (non-hydrogen) atoms. The van der Waals surface area contributed by atoms with Gasteiger partial charge in [0.1, 0.15) is 0 Å². The minimum absolute atomic E-state index is 0.668. The largest absolute Gasteiger partial charge is 0.309 e. The summed E-state index contributed by atoms with van der Waals surface area (Å²) in [5.74, 6) is 0. The lowest BCUT2D eigenvalue weighted by molar-refractivity contribution is 1.18. The van der Waals surface area contributed by atoms with Gasteiger partial charge in [-0.1, -0.05) is 103 Å². The number of benzene rings is 9. The fraction of sp³-hybridized carbons (Fsp3) is 0. The first-order chi connectivity index (χ1) is 24.2. The summed E-state index contributed by atoms with van der Waals surface area (Å²) in [6.45, 7) is 0. The Morgan fingerprint density at radius 1 is 0.469 bits per heavy atom. The van der Waals surface area contributed by atoms with Gasteiger partial charge in [-0.3, -0.25) is 4.98 Å². The zero-order valence-corrected chi connectivity index (χ0v) is 26.3. The molecule has 11 rings (SSSR count). The van der Waals surface area contributed by atoms with E-state index in [9.17, 15) is 5.26 Å². The molecule has 0 fully saturated rings. The van der Waals surface area contributed by atoms with Crippen LogP contribution in [0, 0.1) is 11.3 Å². The van der Waals surface area contributed by atoms with E-state index < -0.39 is 0 Å². The van der Waals surface area contributed by atoms with Crippen molar-refractivity contribution < 1.29 is 0 Å². The third-order valence-electron chi connectivity index (χ3n) is 10.5. The second-order valence-electron chi connectivity index (χ2n) is 13.1. The van der Waals surface area contributed by atoms with Crippen LogP contribution in [0.2, 0.25) is 0 Å². The monoisotopic (exact) mass is 619 g/mol. The van der Waals surface area contributed by atoms with E-state index in [0.717, 1.165) is 38.6 Å². The number of hydrogen-bond donors (Lipinski definition) is 0. The lowest BCUT2D eigenvalue weighted by Crippen LogP contribution is -1.94. The SMILES string of the molecule is N#Cc1cc2ccc3cc(-c4ccc5ccc6c(-c7cccc8cccnc78)ccc7ccc4c5c76)cc4c3c2c(c1)n4-c1ccccc1.